The summed E-state index contributed by atoms with van der Waals surface area (Å²) in [6.45, 7) is 1.84. The minimum atomic E-state index is -0.803. The Hall–Kier alpha value is -0.790. The summed E-state index contributed by atoms with van der Waals surface area (Å²) in [4.78, 5) is 6.90. The van der Waals surface area contributed by atoms with E-state index in [1.807, 2.05) is 6.92 Å². The first-order chi connectivity index (χ1) is 7.15. The van der Waals surface area contributed by atoms with Crippen LogP contribution in [0, 0.1) is 13.0 Å². The van der Waals surface area contributed by atoms with Crippen molar-refractivity contribution in [2.45, 2.75) is 16.3 Å². The van der Waals surface area contributed by atoms with Crippen molar-refractivity contribution in [3.63, 3.8) is 0 Å². The highest BCUT2D eigenvalue weighted by Gasteiger charge is 2.10. The van der Waals surface area contributed by atoms with Crippen molar-refractivity contribution < 1.29 is 4.39 Å². The number of nitrogens with zero attached hydrogens (tertiary/aromatic N) is 4. The Morgan fingerprint density at radius 2 is 2.27 bits per heavy atom. The summed E-state index contributed by atoms with van der Waals surface area (Å²) < 4.78 is 13.4. The molecule has 0 saturated carbocycles. The van der Waals surface area contributed by atoms with Gasteiger partial charge in [0.1, 0.15) is 10.0 Å². The number of aryl methyl sites for hydroxylation is 1. The molecule has 0 atom stereocenters. The standard InChI is InChI=1S/C7H4ClFN4S2/c1-3-12-13-7(14-3)15-5-4(8)2-10-6(9)11-5/h2H,1H3. The molecule has 15 heavy (non-hydrogen) atoms. The van der Waals surface area contributed by atoms with Gasteiger partial charge in [-0.2, -0.15) is 9.37 Å². The summed E-state index contributed by atoms with van der Waals surface area (Å²) in [6.07, 6.45) is 0.420. The second-order valence-electron chi connectivity index (χ2n) is 2.48. The van der Waals surface area contributed by atoms with E-state index in [9.17, 15) is 4.39 Å². The Morgan fingerprint density at radius 3 is 2.93 bits per heavy atom. The van der Waals surface area contributed by atoms with Gasteiger partial charge >= 0.3 is 6.08 Å². The molecule has 0 fully saturated rings. The van der Waals surface area contributed by atoms with Crippen LogP contribution in [-0.2, 0) is 0 Å². The predicted molar refractivity (Wildman–Crippen MR) is 55.8 cm³/mol. The van der Waals surface area contributed by atoms with Crippen molar-refractivity contribution in [1.29, 1.82) is 0 Å². The molecule has 0 amide bonds. The molecule has 2 rings (SSSR count). The number of rotatable bonds is 2. The third-order valence-electron chi connectivity index (χ3n) is 1.37. The summed E-state index contributed by atoms with van der Waals surface area (Å²) in [5.74, 6) is 0. The van der Waals surface area contributed by atoms with Gasteiger partial charge < -0.3 is 0 Å². The zero-order chi connectivity index (χ0) is 10.8. The van der Waals surface area contributed by atoms with Crippen molar-refractivity contribution in [2.75, 3.05) is 0 Å². The van der Waals surface area contributed by atoms with E-state index in [1.54, 1.807) is 0 Å². The zero-order valence-electron chi connectivity index (χ0n) is 7.44. The SMILES string of the molecule is Cc1nnc(Sc2nc(F)ncc2Cl)s1. The van der Waals surface area contributed by atoms with E-state index in [1.165, 1.54) is 29.3 Å². The molecule has 0 spiro atoms. The fourth-order valence-corrected chi connectivity index (χ4v) is 2.71. The van der Waals surface area contributed by atoms with Crippen LogP contribution < -0.4 is 0 Å². The monoisotopic (exact) mass is 262 g/mol. The summed E-state index contributed by atoms with van der Waals surface area (Å²) in [6, 6.07) is 0. The Balaban J connectivity index is 2.27. The minimum Gasteiger partial charge on any atom is -0.209 e. The van der Waals surface area contributed by atoms with Gasteiger partial charge in [0.05, 0.1) is 11.2 Å². The first-order valence-corrected chi connectivity index (χ1v) is 5.82. The molecule has 0 aliphatic rings. The quantitative estimate of drug-likeness (QED) is 0.615. The molecule has 0 radical (unpaired) electrons. The minimum absolute atomic E-state index is 0.300. The lowest BCUT2D eigenvalue weighted by Gasteiger charge is -1.97. The molecule has 0 unspecified atom stereocenters. The molecule has 0 aromatic carbocycles. The van der Waals surface area contributed by atoms with Gasteiger partial charge in [0.2, 0.25) is 0 Å². The largest absolute Gasteiger partial charge is 0.309 e. The average Bonchev–Trinajstić information content (AvgIpc) is 2.58. The normalized spacial score (nSPS) is 10.6. The topological polar surface area (TPSA) is 51.6 Å². The van der Waals surface area contributed by atoms with Crippen LogP contribution in [-0.4, -0.2) is 20.2 Å². The summed E-state index contributed by atoms with van der Waals surface area (Å²) >= 11 is 8.36. The molecular weight excluding hydrogens is 259 g/mol. The average molecular weight is 263 g/mol. The maximum atomic E-state index is 12.7. The van der Waals surface area contributed by atoms with E-state index in [0.717, 1.165) is 5.01 Å². The third kappa shape index (κ3) is 2.61. The van der Waals surface area contributed by atoms with Gasteiger partial charge in [-0.05, 0) is 18.7 Å². The van der Waals surface area contributed by atoms with Crippen LogP contribution in [0.2, 0.25) is 5.02 Å². The Kier molecular flexibility index (Phi) is 3.13. The second-order valence-corrected chi connectivity index (χ2v) is 5.31. The highest BCUT2D eigenvalue weighted by Crippen LogP contribution is 2.32. The molecule has 0 aliphatic heterocycles. The van der Waals surface area contributed by atoms with Crippen molar-refractivity contribution in [2.24, 2.45) is 0 Å². The summed E-state index contributed by atoms with van der Waals surface area (Å²) in [5.41, 5.74) is 0. The van der Waals surface area contributed by atoms with Crippen molar-refractivity contribution in [1.82, 2.24) is 20.2 Å². The molecule has 2 heterocycles. The van der Waals surface area contributed by atoms with Crippen molar-refractivity contribution in [3.05, 3.63) is 22.3 Å². The second kappa shape index (κ2) is 4.38. The van der Waals surface area contributed by atoms with Gasteiger partial charge in [0, 0.05) is 0 Å². The van der Waals surface area contributed by atoms with Gasteiger partial charge in [-0.3, -0.25) is 0 Å². The maximum Gasteiger partial charge on any atom is 0.309 e. The maximum absolute atomic E-state index is 12.7. The van der Waals surface area contributed by atoms with Gasteiger partial charge in [-0.15, -0.1) is 10.2 Å². The molecule has 0 aliphatic carbocycles. The van der Waals surface area contributed by atoms with Crippen LogP contribution in [0.15, 0.2) is 15.6 Å². The molecular formula is C7H4ClFN4S2. The predicted octanol–water partition coefficient (Wildman–Crippen LogP) is 2.58. The van der Waals surface area contributed by atoms with Crippen LogP contribution in [0.3, 0.4) is 0 Å². The third-order valence-corrected chi connectivity index (χ3v) is 3.66. The highest BCUT2D eigenvalue weighted by atomic mass is 35.5. The van der Waals surface area contributed by atoms with E-state index >= 15 is 0 Å². The smallest absolute Gasteiger partial charge is 0.209 e. The molecule has 78 valence electrons. The lowest BCUT2D eigenvalue weighted by atomic mass is 10.7. The van der Waals surface area contributed by atoms with Crippen LogP contribution >= 0.6 is 34.7 Å². The number of aromatic nitrogens is 4. The number of hydrogen-bond acceptors (Lipinski definition) is 6. The van der Waals surface area contributed by atoms with Gasteiger partial charge in [-0.25, -0.2) is 4.98 Å². The lowest BCUT2D eigenvalue weighted by Crippen LogP contribution is -1.90. The first-order valence-electron chi connectivity index (χ1n) is 3.81. The fraction of sp³-hybridized carbons (Fsp3) is 0.143. The van der Waals surface area contributed by atoms with Crippen LogP contribution in [0.25, 0.3) is 0 Å². The van der Waals surface area contributed by atoms with Crippen LogP contribution in [0.1, 0.15) is 5.01 Å². The molecule has 2 aromatic heterocycles. The Morgan fingerprint density at radius 1 is 1.47 bits per heavy atom. The van der Waals surface area contributed by atoms with E-state index in [0.29, 0.717) is 14.4 Å². The number of hydrogen-bond donors (Lipinski definition) is 0. The first kappa shape index (κ1) is 10.7. The molecule has 4 nitrogen and oxygen atoms in total. The van der Waals surface area contributed by atoms with Crippen LogP contribution in [0.5, 0.6) is 0 Å². The van der Waals surface area contributed by atoms with E-state index in [-0.39, 0.29) is 0 Å². The molecule has 8 heteroatoms. The van der Waals surface area contributed by atoms with Crippen molar-refractivity contribution in [3.8, 4) is 0 Å². The zero-order valence-corrected chi connectivity index (χ0v) is 9.83. The summed E-state index contributed by atoms with van der Waals surface area (Å²) in [7, 11) is 0. The van der Waals surface area contributed by atoms with Crippen molar-refractivity contribution >= 4 is 34.7 Å². The molecule has 2 aromatic rings. The molecule has 0 bridgehead atoms. The number of halogens is 2. The molecule has 0 saturated heterocycles. The Bertz CT molecular complexity index is 490. The lowest BCUT2D eigenvalue weighted by molar-refractivity contribution is 0.527. The van der Waals surface area contributed by atoms with E-state index in [4.69, 9.17) is 11.6 Å². The van der Waals surface area contributed by atoms with Gasteiger partial charge in [-0.1, -0.05) is 22.9 Å². The van der Waals surface area contributed by atoms with Gasteiger partial charge in [0.15, 0.2) is 4.34 Å². The summed E-state index contributed by atoms with van der Waals surface area (Å²) in [5, 5.41) is 9.19. The fourth-order valence-electron chi connectivity index (χ4n) is 0.805. The van der Waals surface area contributed by atoms with Crippen LogP contribution in [0.4, 0.5) is 4.39 Å². The molecule has 0 N–H and O–H groups in total. The van der Waals surface area contributed by atoms with E-state index < -0.39 is 6.08 Å². The highest BCUT2D eigenvalue weighted by molar-refractivity contribution is 8.01. The van der Waals surface area contributed by atoms with Gasteiger partial charge in [0.25, 0.3) is 0 Å². The Labute approximate surface area is 97.9 Å². The van der Waals surface area contributed by atoms with E-state index in [2.05, 4.69) is 20.2 Å².